The van der Waals surface area contributed by atoms with Crippen molar-refractivity contribution in [2.24, 2.45) is 17.8 Å². The number of nitrogens with zero attached hydrogens (tertiary/aromatic N) is 1. The van der Waals surface area contributed by atoms with Gasteiger partial charge < -0.3 is 10.6 Å². The molecule has 3 atom stereocenters. The van der Waals surface area contributed by atoms with Crippen LogP contribution in [0.2, 0.25) is 0 Å². The maximum atomic E-state index is 12.8. The van der Waals surface area contributed by atoms with Gasteiger partial charge in [-0.2, -0.15) is 0 Å². The number of anilines is 1. The lowest BCUT2D eigenvalue weighted by atomic mass is 9.87. The standard InChI is InChI=1S/C17H22N2O/c18-16-3-1-2-13-10-19(7-6-14(13)16)17(20)15-9-11-4-5-12(15)8-11/h1-3,11-12,15H,4-10,18H2. The van der Waals surface area contributed by atoms with Gasteiger partial charge in [0, 0.05) is 24.7 Å². The van der Waals surface area contributed by atoms with Crippen molar-refractivity contribution in [3.8, 4) is 0 Å². The molecule has 2 aliphatic carbocycles. The molecule has 0 radical (unpaired) electrons. The van der Waals surface area contributed by atoms with Crippen molar-refractivity contribution in [3.05, 3.63) is 29.3 Å². The van der Waals surface area contributed by atoms with Crippen molar-refractivity contribution in [2.45, 2.75) is 38.6 Å². The van der Waals surface area contributed by atoms with Gasteiger partial charge in [0.1, 0.15) is 0 Å². The second-order valence-electron chi connectivity index (χ2n) is 6.78. The lowest BCUT2D eigenvalue weighted by Gasteiger charge is -2.33. The maximum absolute atomic E-state index is 12.8. The van der Waals surface area contributed by atoms with E-state index in [0.29, 0.717) is 17.7 Å². The van der Waals surface area contributed by atoms with Crippen LogP contribution in [0.4, 0.5) is 5.69 Å². The summed E-state index contributed by atoms with van der Waals surface area (Å²) in [6.07, 6.45) is 5.98. The van der Waals surface area contributed by atoms with Gasteiger partial charge in [-0.25, -0.2) is 0 Å². The minimum absolute atomic E-state index is 0.316. The van der Waals surface area contributed by atoms with Crippen molar-refractivity contribution in [1.82, 2.24) is 4.90 Å². The summed E-state index contributed by atoms with van der Waals surface area (Å²) in [5, 5.41) is 0. The molecule has 1 heterocycles. The molecule has 3 aliphatic rings. The average Bonchev–Trinajstić information content (AvgIpc) is 3.09. The van der Waals surface area contributed by atoms with E-state index >= 15 is 0 Å². The molecule has 1 aromatic carbocycles. The number of hydrogen-bond donors (Lipinski definition) is 1. The molecule has 1 amide bonds. The molecule has 2 saturated carbocycles. The van der Waals surface area contributed by atoms with Gasteiger partial charge in [-0.15, -0.1) is 0 Å². The van der Waals surface area contributed by atoms with Crippen LogP contribution in [-0.2, 0) is 17.8 Å². The smallest absolute Gasteiger partial charge is 0.226 e. The van der Waals surface area contributed by atoms with Crippen LogP contribution in [0, 0.1) is 17.8 Å². The highest BCUT2D eigenvalue weighted by molar-refractivity contribution is 5.80. The Bertz CT molecular complexity index is 554. The van der Waals surface area contributed by atoms with Gasteiger partial charge in [-0.05, 0) is 54.7 Å². The molecular formula is C17H22N2O. The van der Waals surface area contributed by atoms with E-state index in [4.69, 9.17) is 5.73 Å². The molecule has 20 heavy (non-hydrogen) atoms. The molecule has 2 N–H and O–H groups in total. The molecule has 0 saturated heterocycles. The highest BCUT2D eigenvalue weighted by Gasteiger charge is 2.44. The Morgan fingerprint density at radius 2 is 2.15 bits per heavy atom. The molecule has 2 fully saturated rings. The van der Waals surface area contributed by atoms with Gasteiger partial charge in [-0.1, -0.05) is 18.6 Å². The Hall–Kier alpha value is -1.51. The summed E-state index contributed by atoms with van der Waals surface area (Å²) in [7, 11) is 0. The molecule has 1 aromatic rings. The fraction of sp³-hybridized carbons (Fsp3) is 0.588. The number of hydrogen-bond acceptors (Lipinski definition) is 2. The van der Waals surface area contributed by atoms with Crippen LogP contribution in [0.15, 0.2) is 18.2 Å². The van der Waals surface area contributed by atoms with Crippen LogP contribution in [0.3, 0.4) is 0 Å². The number of rotatable bonds is 1. The molecule has 1 aliphatic heterocycles. The van der Waals surface area contributed by atoms with Crippen LogP contribution < -0.4 is 5.73 Å². The third-order valence-corrected chi connectivity index (χ3v) is 5.67. The number of carbonyl (C=O) groups is 1. The van der Waals surface area contributed by atoms with E-state index in [-0.39, 0.29) is 0 Å². The Morgan fingerprint density at radius 3 is 2.90 bits per heavy atom. The monoisotopic (exact) mass is 270 g/mol. The zero-order valence-electron chi connectivity index (χ0n) is 11.8. The molecule has 0 aromatic heterocycles. The largest absolute Gasteiger partial charge is 0.398 e. The van der Waals surface area contributed by atoms with Crippen molar-refractivity contribution in [1.29, 1.82) is 0 Å². The van der Waals surface area contributed by atoms with E-state index in [9.17, 15) is 4.79 Å². The van der Waals surface area contributed by atoms with Gasteiger partial charge in [0.2, 0.25) is 5.91 Å². The Balaban J connectivity index is 1.52. The highest BCUT2D eigenvalue weighted by atomic mass is 16.2. The summed E-state index contributed by atoms with van der Waals surface area (Å²) in [6.45, 7) is 1.60. The van der Waals surface area contributed by atoms with E-state index in [2.05, 4.69) is 11.0 Å². The molecule has 0 spiro atoms. The summed E-state index contributed by atoms with van der Waals surface area (Å²) in [4.78, 5) is 14.9. The molecule has 2 bridgehead atoms. The molecule has 3 heteroatoms. The Kier molecular flexibility index (Phi) is 2.76. The Morgan fingerprint density at radius 1 is 1.25 bits per heavy atom. The van der Waals surface area contributed by atoms with Crippen molar-refractivity contribution in [2.75, 3.05) is 12.3 Å². The van der Waals surface area contributed by atoms with Gasteiger partial charge in [0.05, 0.1) is 0 Å². The lowest BCUT2D eigenvalue weighted by molar-refractivity contribution is -0.138. The minimum atomic E-state index is 0.316. The first-order valence-corrected chi connectivity index (χ1v) is 7.87. The van der Waals surface area contributed by atoms with Crippen LogP contribution in [0.5, 0.6) is 0 Å². The first kappa shape index (κ1) is 12.2. The molecule has 106 valence electrons. The predicted molar refractivity (Wildman–Crippen MR) is 78.9 cm³/mol. The van der Waals surface area contributed by atoms with Crippen LogP contribution >= 0.6 is 0 Å². The number of amides is 1. The van der Waals surface area contributed by atoms with Crippen LogP contribution in [0.1, 0.15) is 36.8 Å². The summed E-state index contributed by atoms with van der Waals surface area (Å²) in [6, 6.07) is 6.08. The Labute approximate surface area is 120 Å². The number of fused-ring (bicyclic) bond motifs is 3. The highest BCUT2D eigenvalue weighted by Crippen LogP contribution is 2.49. The third-order valence-electron chi connectivity index (χ3n) is 5.67. The zero-order chi connectivity index (χ0) is 13.7. The number of nitrogens with two attached hydrogens (primary N) is 1. The second kappa shape index (κ2) is 4.51. The fourth-order valence-corrected chi connectivity index (χ4v) is 4.61. The van der Waals surface area contributed by atoms with Gasteiger partial charge >= 0.3 is 0 Å². The first-order chi connectivity index (χ1) is 9.72. The molecule has 4 rings (SSSR count). The predicted octanol–water partition coefficient (Wildman–Crippen LogP) is 2.59. The van der Waals surface area contributed by atoms with Gasteiger partial charge in [-0.3, -0.25) is 4.79 Å². The minimum Gasteiger partial charge on any atom is -0.398 e. The summed E-state index contributed by atoms with van der Waals surface area (Å²) < 4.78 is 0. The van der Waals surface area contributed by atoms with E-state index in [1.807, 2.05) is 12.1 Å². The molecule has 3 nitrogen and oxygen atoms in total. The van der Waals surface area contributed by atoms with E-state index < -0.39 is 0 Å². The van der Waals surface area contributed by atoms with Crippen molar-refractivity contribution < 1.29 is 4.79 Å². The number of benzene rings is 1. The van der Waals surface area contributed by atoms with Crippen LogP contribution in [-0.4, -0.2) is 17.4 Å². The number of carbonyl (C=O) groups excluding carboxylic acids is 1. The fourth-order valence-electron chi connectivity index (χ4n) is 4.61. The van der Waals surface area contributed by atoms with Gasteiger partial charge in [0.25, 0.3) is 0 Å². The van der Waals surface area contributed by atoms with Crippen molar-refractivity contribution in [3.63, 3.8) is 0 Å². The SMILES string of the molecule is Nc1cccc2c1CCN(C(=O)C1CC3CCC1C3)C2. The van der Waals surface area contributed by atoms with E-state index in [1.54, 1.807) is 0 Å². The maximum Gasteiger partial charge on any atom is 0.226 e. The summed E-state index contributed by atoms with van der Waals surface area (Å²) >= 11 is 0. The summed E-state index contributed by atoms with van der Waals surface area (Å²) in [5.41, 5.74) is 9.41. The summed E-state index contributed by atoms with van der Waals surface area (Å²) in [5.74, 6) is 2.23. The third kappa shape index (κ3) is 1.83. The first-order valence-electron chi connectivity index (χ1n) is 7.87. The number of nitrogen functional groups attached to an aromatic ring is 1. The quantitative estimate of drug-likeness (QED) is 0.797. The zero-order valence-corrected chi connectivity index (χ0v) is 11.8. The van der Waals surface area contributed by atoms with Crippen molar-refractivity contribution >= 4 is 11.6 Å². The normalized spacial score (nSPS) is 31.4. The molecular weight excluding hydrogens is 248 g/mol. The lowest BCUT2D eigenvalue weighted by Crippen LogP contribution is -2.41. The second-order valence-corrected chi connectivity index (χ2v) is 6.78. The van der Waals surface area contributed by atoms with Gasteiger partial charge in [0.15, 0.2) is 0 Å². The average molecular weight is 270 g/mol. The van der Waals surface area contributed by atoms with E-state index in [1.165, 1.54) is 30.4 Å². The topological polar surface area (TPSA) is 46.3 Å². The molecule has 3 unspecified atom stereocenters. The van der Waals surface area contributed by atoms with Crippen LogP contribution in [0.25, 0.3) is 0 Å². The van der Waals surface area contributed by atoms with E-state index in [0.717, 1.165) is 37.5 Å².